The van der Waals surface area contributed by atoms with Crippen LogP contribution in [0.3, 0.4) is 0 Å². The zero-order chi connectivity index (χ0) is 13.0. The Morgan fingerprint density at radius 2 is 2.06 bits per heavy atom. The number of hydrogen-bond donors (Lipinski definition) is 2. The number of benzene rings is 1. The van der Waals surface area contributed by atoms with Crippen molar-refractivity contribution in [3.8, 4) is 11.8 Å². The first-order valence-electron chi connectivity index (χ1n) is 5.22. The summed E-state index contributed by atoms with van der Waals surface area (Å²) < 4.78 is 1.34. The van der Waals surface area contributed by atoms with Crippen LogP contribution in [0.4, 0.5) is 5.95 Å². The Balaban J connectivity index is 2.27. The molecule has 1 aromatic carbocycles. The quantitative estimate of drug-likeness (QED) is 0.534. The summed E-state index contributed by atoms with van der Waals surface area (Å²) in [5.41, 5.74) is 6.57. The molecule has 0 radical (unpaired) electrons. The van der Waals surface area contributed by atoms with Crippen molar-refractivity contribution < 1.29 is 0 Å². The lowest BCUT2D eigenvalue weighted by Crippen LogP contribution is -2.26. The maximum Gasteiger partial charge on any atom is 0.228 e. The number of aromatic nitrogens is 3. The van der Waals surface area contributed by atoms with Crippen molar-refractivity contribution in [3.63, 3.8) is 0 Å². The second-order valence-electron chi connectivity index (χ2n) is 3.38. The lowest BCUT2D eigenvalue weighted by atomic mass is 10.2. The third kappa shape index (κ3) is 2.64. The molecular formula is C12H11N5S. The third-order valence-corrected chi connectivity index (χ3v) is 2.51. The van der Waals surface area contributed by atoms with E-state index in [1.807, 2.05) is 30.3 Å². The van der Waals surface area contributed by atoms with Gasteiger partial charge in [-0.15, -0.1) is 5.10 Å². The molecule has 3 N–H and O–H groups in total. The summed E-state index contributed by atoms with van der Waals surface area (Å²) in [7, 11) is 1.69. The van der Waals surface area contributed by atoms with Crippen molar-refractivity contribution >= 4 is 23.3 Å². The van der Waals surface area contributed by atoms with Crippen molar-refractivity contribution in [1.29, 1.82) is 0 Å². The zero-order valence-electron chi connectivity index (χ0n) is 9.71. The van der Waals surface area contributed by atoms with Gasteiger partial charge in [0.1, 0.15) is 0 Å². The van der Waals surface area contributed by atoms with E-state index in [1.165, 1.54) is 4.68 Å². The predicted molar refractivity (Wildman–Crippen MR) is 73.9 cm³/mol. The summed E-state index contributed by atoms with van der Waals surface area (Å²) in [4.78, 5) is 4.02. The van der Waals surface area contributed by atoms with E-state index in [0.717, 1.165) is 5.56 Å². The smallest absolute Gasteiger partial charge is 0.228 e. The molecule has 1 heterocycles. The number of hydrogen-bond acceptors (Lipinski definition) is 4. The fraction of sp³-hybridized carbons (Fsp3) is 0.0833. The average molecular weight is 257 g/mol. The molecule has 0 saturated heterocycles. The Bertz CT molecular complexity index is 621. The van der Waals surface area contributed by atoms with Gasteiger partial charge in [-0.1, -0.05) is 24.1 Å². The maximum absolute atomic E-state index is 5.68. The molecule has 0 aliphatic carbocycles. The molecule has 2 aromatic rings. The first-order valence-corrected chi connectivity index (χ1v) is 5.63. The largest absolute Gasteiger partial charge is 0.368 e. The third-order valence-electron chi connectivity index (χ3n) is 2.13. The summed E-state index contributed by atoms with van der Waals surface area (Å²) >= 11 is 5.02. The zero-order valence-corrected chi connectivity index (χ0v) is 10.5. The SMILES string of the molecule is CNC(=S)n1nc(C#Cc2ccccc2)nc1N. The summed E-state index contributed by atoms with van der Waals surface area (Å²) in [6, 6.07) is 9.58. The van der Waals surface area contributed by atoms with Crippen LogP contribution in [-0.4, -0.2) is 26.9 Å². The molecule has 0 aliphatic heterocycles. The Morgan fingerprint density at radius 1 is 1.33 bits per heavy atom. The van der Waals surface area contributed by atoms with Crippen LogP contribution in [0.5, 0.6) is 0 Å². The van der Waals surface area contributed by atoms with Crippen molar-refractivity contribution in [2.45, 2.75) is 0 Å². The molecule has 0 aliphatic rings. The number of nitrogens with one attached hydrogen (secondary N) is 1. The molecule has 90 valence electrons. The number of nitrogen functional groups attached to an aromatic ring is 1. The minimum atomic E-state index is 0.215. The van der Waals surface area contributed by atoms with E-state index in [9.17, 15) is 0 Å². The average Bonchev–Trinajstić information content (AvgIpc) is 2.78. The Hall–Kier alpha value is -2.39. The van der Waals surface area contributed by atoms with Gasteiger partial charge in [-0.3, -0.25) is 0 Å². The highest BCUT2D eigenvalue weighted by atomic mass is 32.1. The minimum Gasteiger partial charge on any atom is -0.368 e. The lowest BCUT2D eigenvalue weighted by Gasteiger charge is -2.00. The molecule has 0 unspecified atom stereocenters. The molecule has 0 bridgehead atoms. The van der Waals surface area contributed by atoms with Gasteiger partial charge in [0, 0.05) is 12.6 Å². The van der Waals surface area contributed by atoms with Crippen molar-refractivity contribution in [2.75, 3.05) is 12.8 Å². The number of nitrogens with two attached hydrogens (primary N) is 1. The normalized spacial score (nSPS) is 9.39. The van der Waals surface area contributed by atoms with Crippen LogP contribution in [-0.2, 0) is 0 Å². The van der Waals surface area contributed by atoms with Crippen LogP contribution < -0.4 is 11.1 Å². The first kappa shape index (κ1) is 12.1. The maximum atomic E-state index is 5.68. The number of rotatable bonds is 0. The van der Waals surface area contributed by atoms with Crippen molar-refractivity contribution in [2.24, 2.45) is 0 Å². The van der Waals surface area contributed by atoms with Gasteiger partial charge in [0.25, 0.3) is 0 Å². The van der Waals surface area contributed by atoms with E-state index < -0.39 is 0 Å². The summed E-state index contributed by atoms with van der Waals surface area (Å²) in [5.74, 6) is 6.35. The molecule has 0 amide bonds. The fourth-order valence-electron chi connectivity index (χ4n) is 1.28. The van der Waals surface area contributed by atoms with E-state index in [1.54, 1.807) is 7.05 Å². The van der Waals surface area contributed by atoms with Gasteiger partial charge in [0.2, 0.25) is 11.8 Å². The second kappa shape index (κ2) is 5.29. The molecule has 0 fully saturated rings. The van der Waals surface area contributed by atoms with Crippen LogP contribution in [0.1, 0.15) is 11.4 Å². The van der Waals surface area contributed by atoms with Gasteiger partial charge in [0.05, 0.1) is 0 Å². The summed E-state index contributed by atoms with van der Waals surface area (Å²) in [6.45, 7) is 0. The molecule has 0 saturated carbocycles. The fourth-order valence-corrected chi connectivity index (χ4v) is 1.42. The summed E-state index contributed by atoms with van der Waals surface area (Å²) in [5, 5.41) is 7.25. The van der Waals surface area contributed by atoms with E-state index in [4.69, 9.17) is 18.0 Å². The van der Waals surface area contributed by atoms with Crippen LogP contribution in [0.25, 0.3) is 0 Å². The molecule has 5 nitrogen and oxygen atoms in total. The van der Waals surface area contributed by atoms with Gasteiger partial charge in [-0.05, 0) is 30.3 Å². The highest BCUT2D eigenvalue weighted by Gasteiger charge is 2.07. The van der Waals surface area contributed by atoms with Crippen molar-refractivity contribution in [3.05, 3.63) is 41.7 Å². The van der Waals surface area contributed by atoms with Crippen LogP contribution in [0.2, 0.25) is 0 Å². The molecule has 2 rings (SSSR count). The molecule has 6 heteroatoms. The van der Waals surface area contributed by atoms with Crippen molar-refractivity contribution in [1.82, 2.24) is 20.1 Å². The van der Waals surface area contributed by atoms with E-state index in [-0.39, 0.29) is 5.95 Å². The van der Waals surface area contributed by atoms with E-state index in [2.05, 4.69) is 27.2 Å². The van der Waals surface area contributed by atoms with E-state index in [0.29, 0.717) is 10.9 Å². The number of thiocarbonyl (C=S) groups is 1. The highest BCUT2D eigenvalue weighted by molar-refractivity contribution is 7.80. The molecule has 0 atom stereocenters. The van der Waals surface area contributed by atoms with E-state index >= 15 is 0 Å². The molecule has 18 heavy (non-hydrogen) atoms. The number of anilines is 1. The number of nitrogens with zero attached hydrogens (tertiary/aromatic N) is 3. The first-order chi connectivity index (χ1) is 8.70. The topological polar surface area (TPSA) is 68.8 Å². The molecule has 0 spiro atoms. The molecule has 1 aromatic heterocycles. The van der Waals surface area contributed by atoms with Gasteiger partial charge in [-0.2, -0.15) is 9.67 Å². The Kier molecular flexibility index (Phi) is 3.55. The monoisotopic (exact) mass is 257 g/mol. The second-order valence-corrected chi connectivity index (χ2v) is 3.76. The lowest BCUT2D eigenvalue weighted by molar-refractivity contribution is 0.906. The Labute approximate surface area is 110 Å². The van der Waals surface area contributed by atoms with Gasteiger partial charge in [0.15, 0.2) is 5.11 Å². The van der Waals surface area contributed by atoms with Crippen LogP contribution in [0.15, 0.2) is 30.3 Å². The summed E-state index contributed by atoms with van der Waals surface area (Å²) in [6.07, 6.45) is 0. The van der Waals surface area contributed by atoms with Gasteiger partial charge < -0.3 is 11.1 Å². The van der Waals surface area contributed by atoms with Crippen LogP contribution >= 0.6 is 12.2 Å². The predicted octanol–water partition coefficient (Wildman–Crippen LogP) is 0.613. The van der Waals surface area contributed by atoms with Crippen LogP contribution in [0, 0.1) is 11.8 Å². The molecular weight excluding hydrogens is 246 g/mol. The minimum absolute atomic E-state index is 0.215. The van der Waals surface area contributed by atoms with Gasteiger partial charge >= 0.3 is 0 Å². The standard InChI is InChI=1S/C12H11N5S/c1-14-12(18)17-11(13)15-10(16-17)8-7-9-5-3-2-4-6-9/h2-6H,1H3,(H,14,18)(H2,13,15,16). The van der Waals surface area contributed by atoms with Gasteiger partial charge in [-0.25, -0.2) is 0 Å². The Morgan fingerprint density at radius 3 is 2.72 bits per heavy atom. The highest BCUT2D eigenvalue weighted by Crippen LogP contribution is 2.00.